The van der Waals surface area contributed by atoms with E-state index in [4.69, 9.17) is 14.2 Å². The fourth-order valence-corrected chi connectivity index (χ4v) is 2.88. The van der Waals surface area contributed by atoms with Crippen molar-refractivity contribution in [3.05, 3.63) is 17.7 Å². The number of nitrogens with zero attached hydrogens (tertiary/aromatic N) is 1. The summed E-state index contributed by atoms with van der Waals surface area (Å²) in [5.74, 6) is 1.66. The lowest BCUT2D eigenvalue weighted by molar-refractivity contribution is 0.320. The number of hydrogen-bond acceptors (Lipinski definition) is 5. The first-order valence-corrected chi connectivity index (χ1v) is 7.19. The van der Waals surface area contributed by atoms with Crippen LogP contribution in [0.3, 0.4) is 0 Å². The molecule has 5 nitrogen and oxygen atoms in total. The van der Waals surface area contributed by atoms with Crippen molar-refractivity contribution >= 4 is 0 Å². The van der Waals surface area contributed by atoms with E-state index in [1.807, 2.05) is 6.07 Å². The van der Waals surface area contributed by atoms with Crippen molar-refractivity contribution in [1.82, 2.24) is 5.32 Å². The lowest BCUT2D eigenvalue weighted by Crippen LogP contribution is -2.30. The van der Waals surface area contributed by atoms with E-state index in [2.05, 4.69) is 11.4 Å². The normalized spacial score (nSPS) is 16.3. The Labute approximate surface area is 125 Å². The van der Waals surface area contributed by atoms with Gasteiger partial charge in [-0.1, -0.05) is 12.8 Å². The SMILES string of the molecule is COc1ccc(C(C#N)NC2CCCC2)c(OC)c1OC. The van der Waals surface area contributed by atoms with Crippen molar-refractivity contribution in [1.29, 1.82) is 5.26 Å². The fraction of sp³-hybridized carbons (Fsp3) is 0.562. The molecule has 0 aromatic heterocycles. The summed E-state index contributed by atoms with van der Waals surface area (Å²) >= 11 is 0. The first-order valence-electron chi connectivity index (χ1n) is 7.19. The third-order valence-electron chi connectivity index (χ3n) is 3.93. The van der Waals surface area contributed by atoms with E-state index in [0.717, 1.165) is 18.4 Å². The van der Waals surface area contributed by atoms with Gasteiger partial charge in [-0.25, -0.2) is 0 Å². The van der Waals surface area contributed by atoms with Gasteiger partial charge in [0.2, 0.25) is 5.75 Å². The number of hydrogen-bond donors (Lipinski definition) is 1. The fourth-order valence-electron chi connectivity index (χ4n) is 2.88. The number of nitriles is 1. The predicted molar refractivity (Wildman–Crippen MR) is 79.8 cm³/mol. The van der Waals surface area contributed by atoms with Crippen LogP contribution in [-0.4, -0.2) is 27.4 Å². The van der Waals surface area contributed by atoms with Gasteiger partial charge in [0.25, 0.3) is 0 Å². The molecule has 0 amide bonds. The van der Waals surface area contributed by atoms with Crippen molar-refractivity contribution < 1.29 is 14.2 Å². The van der Waals surface area contributed by atoms with E-state index >= 15 is 0 Å². The summed E-state index contributed by atoms with van der Waals surface area (Å²) < 4.78 is 16.1. The monoisotopic (exact) mass is 290 g/mol. The Balaban J connectivity index is 2.33. The molecule has 1 saturated carbocycles. The van der Waals surface area contributed by atoms with Gasteiger partial charge in [-0.3, -0.25) is 5.32 Å². The molecule has 1 N–H and O–H groups in total. The second kappa shape index (κ2) is 7.19. The summed E-state index contributed by atoms with van der Waals surface area (Å²) in [6.07, 6.45) is 4.68. The molecule has 1 aromatic carbocycles. The molecular weight excluding hydrogens is 268 g/mol. The van der Waals surface area contributed by atoms with Crippen molar-refractivity contribution in [2.45, 2.75) is 37.8 Å². The molecular formula is C16H22N2O3. The minimum absolute atomic E-state index is 0.396. The summed E-state index contributed by atoms with van der Waals surface area (Å²) in [5, 5.41) is 12.9. The standard InChI is InChI=1S/C16H22N2O3/c1-19-14-9-8-12(15(20-2)16(14)21-3)13(10-17)18-11-6-4-5-7-11/h8-9,11,13,18H,4-7H2,1-3H3. The summed E-state index contributed by atoms with van der Waals surface area (Å²) in [5.41, 5.74) is 0.782. The predicted octanol–water partition coefficient (Wildman–Crippen LogP) is 2.81. The van der Waals surface area contributed by atoms with E-state index in [1.165, 1.54) is 12.8 Å². The van der Waals surface area contributed by atoms with E-state index in [9.17, 15) is 5.26 Å². The zero-order chi connectivity index (χ0) is 15.2. The Morgan fingerprint density at radius 1 is 1.10 bits per heavy atom. The van der Waals surface area contributed by atoms with Crippen molar-refractivity contribution in [3.63, 3.8) is 0 Å². The minimum atomic E-state index is -0.414. The molecule has 114 valence electrons. The van der Waals surface area contributed by atoms with E-state index in [-0.39, 0.29) is 0 Å². The highest BCUT2D eigenvalue weighted by Crippen LogP contribution is 2.42. The van der Waals surface area contributed by atoms with Crippen LogP contribution in [-0.2, 0) is 0 Å². The van der Waals surface area contributed by atoms with E-state index < -0.39 is 6.04 Å². The quantitative estimate of drug-likeness (QED) is 0.872. The van der Waals surface area contributed by atoms with Crippen molar-refractivity contribution in [2.24, 2.45) is 0 Å². The molecule has 21 heavy (non-hydrogen) atoms. The van der Waals surface area contributed by atoms with E-state index in [0.29, 0.717) is 23.3 Å². The first-order chi connectivity index (χ1) is 10.2. The number of nitrogens with one attached hydrogen (secondary N) is 1. The molecule has 0 saturated heterocycles. The van der Waals surface area contributed by atoms with Crippen molar-refractivity contribution in [2.75, 3.05) is 21.3 Å². The Morgan fingerprint density at radius 3 is 2.29 bits per heavy atom. The van der Waals surface area contributed by atoms with E-state index in [1.54, 1.807) is 27.4 Å². The zero-order valence-electron chi connectivity index (χ0n) is 12.8. The average molecular weight is 290 g/mol. The van der Waals surface area contributed by atoms with Gasteiger partial charge in [0, 0.05) is 11.6 Å². The van der Waals surface area contributed by atoms with Gasteiger partial charge in [-0.2, -0.15) is 5.26 Å². The molecule has 0 heterocycles. The third-order valence-corrected chi connectivity index (χ3v) is 3.93. The van der Waals surface area contributed by atoms with Crippen LogP contribution in [0.4, 0.5) is 0 Å². The molecule has 5 heteroatoms. The summed E-state index contributed by atoms with van der Waals surface area (Å²) in [4.78, 5) is 0. The lowest BCUT2D eigenvalue weighted by Gasteiger charge is -2.21. The van der Waals surface area contributed by atoms with Gasteiger partial charge < -0.3 is 14.2 Å². The van der Waals surface area contributed by atoms with Crippen LogP contribution in [0.5, 0.6) is 17.2 Å². The molecule has 0 aliphatic heterocycles. The molecule has 1 fully saturated rings. The number of methoxy groups -OCH3 is 3. The maximum Gasteiger partial charge on any atom is 0.203 e. The highest BCUT2D eigenvalue weighted by atomic mass is 16.5. The Kier molecular flexibility index (Phi) is 5.29. The topological polar surface area (TPSA) is 63.5 Å². The maximum absolute atomic E-state index is 9.51. The van der Waals surface area contributed by atoms with Gasteiger partial charge in [0.1, 0.15) is 6.04 Å². The summed E-state index contributed by atoms with van der Waals surface area (Å²) in [6, 6.07) is 5.96. The molecule has 1 aliphatic rings. The molecule has 1 aliphatic carbocycles. The van der Waals surface area contributed by atoms with Crippen LogP contribution in [0, 0.1) is 11.3 Å². The van der Waals surface area contributed by atoms with Crippen LogP contribution in [0.25, 0.3) is 0 Å². The van der Waals surface area contributed by atoms with Gasteiger partial charge in [-0.15, -0.1) is 0 Å². The molecule has 2 rings (SSSR count). The molecule has 0 radical (unpaired) electrons. The molecule has 0 spiro atoms. The second-order valence-electron chi connectivity index (χ2n) is 5.13. The first kappa shape index (κ1) is 15.5. The Morgan fingerprint density at radius 2 is 1.76 bits per heavy atom. The van der Waals surface area contributed by atoms with Crippen molar-refractivity contribution in [3.8, 4) is 23.3 Å². The van der Waals surface area contributed by atoms with Gasteiger partial charge >= 0.3 is 0 Å². The third kappa shape index (κ3) is 3.22. The lowest BCUT2D eigenvalue weighted by atomic mass is 10.0. The average Bonchev–Trinajstić information content (AvgIpc) is 3.04. The van der Waals surface area contributed by atoms with Crippen LogP contribution in [0.1, 0.15) is 37.3 Å². The Hall–Kier alpha value is -1.93. The summed E-state index contributed by atoms with van der Waals surface area (Å²) in [6.45, 7) is 0. The van der Waals surface area contributed by atoms with Crippen LogP contribution in [0.2, 0.25) is 0 Å². The Bertz CT molecular complexity index is 519. The summed E-state index contributed by atoms with van der Waals surface area (Å²) in [7, 11) is 4.72. The number of rotatable bonds is 6. The number of ether oxygens (including phenoxy) is 3. The van der Waals surface area contributed by atoms with Crippen LogP contribution in [0.15, 0.2) is 12.1 Å². The highest BCUT2D eigenvalue weighted by Gasteiger charge is 2.25. The smallest absolute Gasteiger partial charge is 0.203 e. The minimum Gasteiger partial charge on any atom is -0.493 e. The second-order valence-corrected chi connectivity index (χ2v) is 5.13. The van der Waals surface area contributed by atoms with Crippen LogP contribution < -0.4 is 19.5 Å². The van der Waals surface area contributed by atoms with Gasteiger partial charge in [0.05, 0.1) is 27.4 Å². The molecule has 1 atom stereocenters. The number of benzene rings is 1. The maximum atomic E-state index is 9.51. The largest absolute Gasteiger partial charge is 0.493 e. The van der Waals surface area contributed by atoms with Gasteiger partial charge in [0.15, 0.2) is 11.5 Å². The highest BCUT2D eigenvalue weighted by molar-refractivity contribution is 5.57. The molecule has 1 aromatic rings. The molecule has 1 unspecified atom stereocenters. The molecule has 0 bridgehead atoms. The van der Waals surface area contributed by atoms with Gasteiger partial charge in [-0.05, 0) is 25.0 Å². The van der Waals surface area contributed by atoms with Crippen LogP contribution >= 0.6 is 0 Å². The zero-order valence-corrected chi connectivity index (χ0v) is 12.8.